The first-order valence-corrected chi connectivity index (χ1v) is 8.97. The summed E-state index contributed by atoms with van der Waals surface area (Å²) in [7, 11) is 0. The Labute approximate surface area is 166 Å². The van der Waals surface area contributed by atoms with Crippen LogP contribution in [0.5, 0.6) is 0 Å². The highest BCUT2D eigenvalue weighted by Gasteiger charge is 2.23. The number of anilines is 1. The lowest BCUT2D eigenvalue weighted by Crippen LogP contribution is -2.15. The number of carboxylic acids is 1. The van der Waals surface area contributed by atoms with Crippen molar-refractivity contribution < 1.29 is 9.90 Å². The van der Waals surface area contributed by atoms with E-state index in [1.54, 1.807) is 41.9 Å². The maximum absolute atomic E-state index is 11.8. The van der Waals surface area contributed by atoms with Gasteiger partial charge >= 0.3 is 5.97 Å². The number of hydrogen-bond donors (Lipinski definition) is 2. The Morgan fingerprint density at radius 3 is 2.52 bits per heavy atom. The van der Waals surface area contributed by atoms with E-state index in [1.165, 1.54) is 6.33 Å². The van der Waals surface area contributed by atoms with Crippen molar-refractivity contribution in [3.63, 3.8) is 0 Å². The molecule has 4 rings (SSSR count). The Hall–Kier alpha value is -4.01. The summed E-state index contributed by atoms with van der Waals surface area (Å²) in [5.74, 6) is -1.28. The molecule has 0 saturated heterocycles. The molecular weight excluding hydrogens is 370 g/mol. The van der Waals surface area contributed by atoms with Crippen molar-refractivity contribution in [3.05, 3.63) is 84.6 Å². The molecule has 3 heterocycles. The fraction of sp³-hybridized carbons (Fsp3) is 0.150. The second-order valence-electron chi connectivity index (χ2n) is 6.66. The molecule has 0 aliphatic carbocycles. The summed E-state index contributed by atoms with van der Waals surface area (Å²) in [5.41, 5.74) is 8.87. The molecule has 4 aromatic rings. The highest BCUT2D eigenvalue weighted by atomic mass is 16.4. The molecule has 0 bridgehead atoms. The molecule has 0 spiro atoms. The predicted octanol–water partition coefficient (Wildman–Crippen LogP) is 1.90. The van der Waals surface area contributed by atoms with Crippen LogP contribution in [-0.2, 0) is 17.8 Å². The van der Waals surface area contributed by atoms with Gasteiger partial charge in [0.2, 0.25) is 0 Å². The predicted molar refractivity (Wildman–Crippen MR) is 105 cm³/mol. The molecule has 1 unspecified atom stereocenters. The van der Waals surface area contributed by atoms with Crippen molar-refractivity contribution >= 4 is 11.8 Å². The third-order valence-electron chi connectivity index (χ3n) is 4.58. The number of pyridine rings is 1. The van der Waals surface area contributed by atoms with Gasteiger partial charge in [0.1, 0.15) is 24.4 Å². The van der Waals surface area contributed by atoms with Crippen LogP contribution in [0.25, 0.3) is 5.69 Å². The summed E-state index contributed by atoms with van der Waals surface area (Å²) in [6, 6.07) is 11.3. The Balaban J connectivity index is 1.47. The summed E-state index contributed by atoms with van der Waals surface area (Å²) in [4.78, 5) is 24.1. The van der Waals surface area contributed by atoms with E-state index in [4.69, 9.17) is 5.73 Å². The lowest BCUT2D eigenvalue weighted by molar-refractivity contribution is -0.138. The highest BCUT2D eigenvalue weighted by molar-refractivity contribution is 5.75. The van der Waals surface area contributed by atoms with E-state index in [9.17, 15) is 9.90 Å². The monoisotopic (exact) mass is 389 g/mol. The van der Waals surface area contributed by atoms with Crippen LogP contribution in [-0.4, -0.2) is 40.4 Å². The van der Waals surface area contributed by atoms with Crippen LogP contribution >= 0.6 is 0 Å². The maximum atomic E-state index is 11.8. The average molecular weight is 389 g/mol. The van der Waals surface area contributed by atoms with E-state index in [2.05, 4.69) is 20.1 Å². The lowest BCUT2D eigenvalue weighted by Gasteiger charge is -2.10. The molecule has 0 saturated carbocycles. The maximum Gasteiger partial charge on any atom is 0.312 e. The number of imidazole rings is 1. The Morgan fingerprint density at radius 2 is 1.86 bits per heavy atom. The van der Waals surface area contributed by atoms with Gasteiger partial charge in [0, 0.05) is 18.9 Å². The number of rotatable bonds is 7. The molecule has 3 aromatic heterocycles. The first-order valence-electron chi connectivity index (χ1n) is 8.97. The van der Waals surface area contributed by atoms with Crippen molar-refractivity contribution in [2.75, 3.05) is 5.73 Å². The summed E-state index contributed by atoms with van der Waals surface area (Å²) >= 11 is 0. The van der Waals surface area contributed by atoms with E-state index in [-0.39, 0.29) is 0 Å². The SMILES string of the molecule is Nc1ccc(CC(C(=O)O)c2cn(Cc3ccc(-n4cncn4)cc3)cn2)cn1. The van der Waals surface area contributed by atoms with Crippen LogP contribution in [0.3, 0.4) is 0 Å². The number of hydrogen-bond acceptors (Lipinski definition) is 6. The highest BCUT2D eigenvalue weighted by Crippen LogP contribution is 2.20. The minimum atomic E-state index is -0.927. The van der Waals surface area contributed by atoms with Gasteiger partial charge in [-0.1, -0.05) is 18.2 Å². The molecule has 0 aliphatic rings. The van der Waals surface area contributed by atoms with Gasteiger partial charge in [-0.05, 0) is 35.7 Å². The van der Waals surface area contributed by atoms with Gasteiger partial charge in [-0.3, -0.25) is 4.79 Å². The standard InChI is InChI=1S/C20H19N7O2/c21-19-6-3-15(8-23-19)7-17(20(28)29)18-10-26(13-24-18)9-14-1-4-16(5-2-14)27-12-22-11-25-27/h1-6,8,10-13,17H,7,9H2,(H2,21,23)(H,28,29). The Morgan fingerprint density at radius 1 is 1.07 bits per heavy atom. The molecule has 1 aromatic carbocycles. The van der Waals surface area contributed by atoms with Gasteiger partial charge in [-0.2, -0.15) is 5.10 Å². The zero-order valence-electron chi connectivity index (χ0n) is 15.5. The topological polar surface area (TPSA) is 125 Å². The Kier molecular flexibility index (Phi) is 5.02. The number of nitrogens with zero attached hydrogens (tertiary/aromatic N) is 6. The van der Waals surface area contributed by atoms with Gasteiger partial charge in [-0.25, -0.2) is 19.6 Å². The largest absolute Gasteiger partial charge is 0.481 e. The number of carboxylic acid groups (broad SMARTS) is 1. The van der Waals surface area contributed by atoms with E-state index in [0.29, 0.717) is 24.5 Å². The molecule has 1 atom stereocenters. The van der Waals surface area contributed by atoms with Gasteiger partial charge in [0.05, 0.1) is 17.7 Å². The molecule has 0 aliphatic heterocycles. The summed E-state index contributed by atoms with van der Waals surface area (Å²) in [6.45, 7) is 0.584. The van der Waals surface area contributed by atoms with Crippen LogP contribution < -0.4 is 5.73 Å². The second kappa shape index (κ2) is 7.93. The molecule has 0 fully saturated rings. The van der Waals surface area contributed by atoms with Crippen molar-refractivity contribution in [2.24, 2.45) is 0 Å². The third-order valence-corrected chi connectivity index (χ3v) is 4.58. The molecule has 9 nitrogen and oxygen atoms in total. The zero-order chi connectivity index (χ0) is 20.2. The fourth-order valence-electron chi connectivity index (χ4n) is 3.06. The minimum Gasteiger partial charge on any atom is -0.481 e. The van der Waals surface area contributed by atoms with E-state index < -0.39 is 11.9 Å². The molecule has 0 amide bonds. The van der Waals surface area contributed by atoms with Gasteiger partial charge in [0.25, 0.3) is 0 Å². The number of aromatic nitrogens is 6. The molecule has 9 heteroatoms. The van der Waals surface area contributed by atoms with E-state index >= 15 is 0 Å². The first-order chi connectivity index (χ1) is 14.1. The van der Waals surface area contributed by atoms with Crippen LogP contribution in [0.2, 0.25) is 0 Å². The van der Waals surface area contributed by atoms with Crippen LogP contribution in [0, 0.1) is 0 Å². The lowest BCUT2D eigenvalue weighted by atomic mass is 9.98. The van der Waals surface area contributed by atoms with Gasteiger partial charge in [-0.15, -0.1) is 0 Å². The van der Waals surface area contributed by atoms with Gasteiger partial charge < -0.3 is 15.4 Å². The molecule has 29 heavy (non-hydrogen) atoms. The van der Waals surface area contributed by atoms with Crippen molar-refractivity contribution in [2.45, 2.75) is 18.9 Å². The number of nitrogen functional groups attached to an aromatic ring is 1. The number of carbonyl (C=O) groups is 1. The summed E-state index contributed by atoms with van der Waals surface area (Å²) < 4.78 is 3.56. The molecular formula is C20H19N7O2. The minimum absolute atomic E-state index is 0.298. The fourth-order valence-corrected chi connectivity index (χ4v) is 3.06. The zero-order valence-corrected chi connectivity index (χ0v) is 15.5. The number of aliphatic carboxylic acids is 1. The third kappa shape index (κ3) is 4.29. The van der Waals surface area contributed by atoms with Crippen molar-refractivity contribution in [3.8, 4) is 5.69 Å². The Bertz CT molecular complexity index is 1090. The molecule has 146 valence electrons. The van der Waals surface area contributed by atoms with Crippen molar-refractivity contribution in [1.29, 1.82) is 0 Å². The van der Waals surface area contributed by atoms with Crippen LogP contribution in [0.15, 0.2) is 67.8 Å². The van der Waals surface area contributed by atoms with Crippen LogP contribution in [0.1, 0.15) is 22.7 Å². The molecule has 0 radical (unpaired) electrons. The first kappa shape index (κ1) is 18.4. The average Bonchev–Trinajstić information content (AvgIpc) is 3.40. The van der Waals surface area contributed by atoms with Crippen molar-refractivity contribution in [1.82, 2.24) is 29.3 Å². The molecule has 3 N–H and O–H groups in total. The summed E-state index contributed by atoms with van der Waals surface area (Å²) in [5, 5.41) is 13.8. The normalized spacial score (nSPS) is 12.0. The van der Waals surface area contributed by atoms with Gasteiger partial charge in [0.15, 0.2) is 0 Å². The van der Waals surface area contributed by atoms with E-state index in [0.717, 1.165) is 16.8 Å². The summed E-state index contributed by atoms with van der Waals surface area (Å²) in [6.07, 6.45) is 8.44. The number of nitrogens with two attached hydrogens (primary N) is 1. The quantitative estimate of drug-likeness (QED) is 0.494. The second-order valence-corrected chi connectivity index (χ2v) is 6.66. The smallest absolute Gasteiger partial charge is 0.312 e. The van der Waals surface area contributed by atoms with Crippen LogP contribution in [0.4, 0.5) is 5.82 Å². The van der Waals surface area contributed by atoms with E-state index in [1.807, 2.05) is 28.8 Å². The number of benzene rings is 1.